The zero-order chi connectivity index (χ0) is 19.8. The van der Waals surface area contributed by atoms with Gasteiger partial charge in [-0.3, -0.25) is 4.68 Å². The number of nitrogens with zero attached hydrogens (tertiary/aromatic N) is 5. The van der Waals surface area contributed by atoms with E-state index in [-0.39, 0.29) is 11.8 Å². The molecule has 0 saturated heterocycles. The van der Waals surface area contributed by atoms with Gasteiger partial charge in [0.05, 0.1) is 24.1 Å². The molecule has 3 aromatic rings. The second-order valence-corrected chi connectivity index (χ2v) is 7.54. The number of hydrogen-bond acceptors (Lipinski definition) is 5. The third-order valence-corrected chi connectivity index (χ3v) is 5.23. The lowest BCUT2D eigenvalue weighted by Gasteiger charge is -2.31. The van der Waals surface area contributed by atoms with Gasteiger partial charge in [0, 0.05) is 31.9 Å². The van der Waals surface area contributed by atoms with Crippen molar-refractivity contribution in [2.75, 3.05) is 18.6 Å². The summed E-state index contributed by atoms with van der Waals surface area (Å²) < 4.78 is 9.32. The van der Waals surface area contributed by atoms with E-state index >= 15 is 0 Å². The number of rotatable bonds is 5. The van der Waals surface area contributed by atoms with E-state index in [2.05, 4.69) is 46.2 Å². The SMILES string of the molecule is COc1ccc(CN2CCCn3nc(C)c(-c4ccnn4C(C)C)c32)cc1O. The van der Waals surface area contributed by atoms with E-state index in [0.717, 1.165) is 47.8 Å². The third kappa shape index (κ3) is 3.10. The lowest BCUT2D eigenvalue weighted by molar-refractivity contribution is 0.373. The molecular formula is C21H27N5O2. The number of benzene rings is 1. The van der Waals surface area contributed by atoms with Crippen LogP contribution in [0.15, 0.2) is 30.5 Å². The van der Waals surface area contributed by atoms with Crippen LogP contribution in [0.25, 0.3) is 11.3 Å². The topological polar surface area (TPSA) is 68.3 Å². The van der Waals surface area contributed by atoms with Crippen molar-refractivity contribution in [2.24, 2.45) is 0 Å². The number of methoxy groups -OCH3 is 1. The van der Waals surface area contributed by atoms with Crippen LogP contribution in [0.3, 0.4) is 0 Å². The number of anilines is 1. The monoisotopic (exact) mass is 381 g/mol. The first-order chi connectivity index (χ1) is 13.5. The molecule has 0 aliphatic carbocycles. The van der Waals surface area contributed by atoms with E-state index in [1.807, 2.05) is 18.3 Å². The molecule has 0 atom stereocenters. The molecule has 0 bridgehead atoms. The van der Waals surface area contributed by atoms with Crippen molar-refractivity contribution in [3.8, 4) is 22.8 Å². The van der Waals surface area contributed by atoms with Crippen LogP contribution in [0.1, 0.15) is 37.6 Å². The molecule has 0 saturated carbocycles. The van der Waals surface area contributed by atoms with Gasteiger partial charge in [0.15, 0.2) is 11.5 Å². The van der Waals surface area contributed by atoms with Crippen LogP contribution < -0.4 is 9.64 Å². The number of ether oxygens (including phenoxy) is 1. The first kappa shape index (κ1) is 18.4. The van der Waals surface area contributed by atoms with Crippen molar-refractivity contribution >= 4 is 5.82 Å². The first-order valence-electron chi connectivity index (χ1n) is 9.71. The number of aromatic hydroxyl groups is 1. The Hall–Kier alpha value is -2.96. The highest BCUT2D eigenvalue weighted by Gasteiger charge is 2.27. The largest absolute Gasteiger partial charge is 0.504 e. The minimum atomic E-state index is 0.166. The van der Waals surface area contributed by atoms with Crippen molar-refractivity contribution in [1.82, 2.24) is 19.6 Å². The van der Waals surface area contributed by atoms with Gasteiger partial charge < -0.3 is 14.7 Å². The summed E-state index contributed by atoms with van der Waals surface area (Å²) in [4.78, 5) is 2.34. The Bertz CT molecular complexity index is 989. The molecule has 1 aliphatic rings. The standard InChI is InChI=1S/C21H27N5O2/c1-14(2)26-17(8-9-22-26)20-15(3)23-25-11-5-10-24(21(20)25)13-16-6-7-19(28-4)18(27)12-16/h6-9,12,14,27H,5,10-11,13H2,1-4H3. The average molecular weight is 381 g/mol. The second-order valence-electron chi connectivity index (χ2n) is 7.54. The molecule has 1 aliphatic heterocycles. The van der Waals surface area contributed by atoms with Crippen molar-refractivity contribution in [1.29, 1.82) is 0 Å². The fraction of sp³-hybridized carbons (Fsp3) is 0.429. The Morgan fingerprint density at radius 3 is 2.75 bits per heavy atom. The van der Waals surface area contributed by atoms with Gasteiger partial charge in [-0.2, -0.15) is 10.2 Å². The zero-order valence-corrected chi connectivity index (χ0v) is 16.9. The van der Waals surface area contributed by atoms with Gasteiger partial charge in [-0.25, -0.2) is 4.68 Å². The van der Waals surface area contributed by atoms with Gasteiger partial charge in [-0.15, -0.1) is 0 Å². The molecule has 3 heterocycles. The maximum absolute atomic E-state index is 10.1. The van der Waals surface area contributed by atoms with Crippen molar-refractivity contribution in [3.05, 3.63) is 41.7 Å². The first-order valence-corrected chi connectivity index (χ1v) is 9.71. The van der Waals surface area contributed by atoms with Crippen LogP contribution in [-0.4, -0.2) is 38.3 Å². The van der Waals surface area contributed by atoms with E-state index in [1.165, 1.54) is 0 Å². The summed E-state index contributed by atoms with van der Waals surface area (Å²) >= 11 is 0. The highest BCUT2D eigenvalue weighted by molar-refractivity contribution is 5.77. The van der Waals surface area contributed by atoms with E-state index in [0.29, 0.717) is 12.3 Å². The van der Waals surface area contributed by atoms with Crippen LogP contribution in [0.4, 0.5) is 5.82 Å². The molecule has 148 valence electrons. The molecule has 1 N–H and O–H groups in total. The Morgan fingerprint density at radius 1 is 1.21 bits per heavy atom. The maximum Gasteiger partial charge on any atom is 0.160 e. The number of aromatic nitrogens is 4. The van der Waals surface area contributed by atoms with Crippen LogP contribution in [-0.2, 0) is 13.1 Å². The van der Waals surface area contributed by atoms with Crippen LogP contribution in [0, 0.1) is 6.92 Å². The lowest BCUT2D eigenvalue weighted by atomic mass is 10.1. The number of hydrogen-bond donors (Lipinski definition) is 1. The molecule has 0 unspecified atom stereocenters. The minimum absolute atomic E-state index is 0.166. The predicted octanol–water partition coefficient (Wildman–Crippen LogP) is 3.76. The molecular weight excluding hydrogens is 354 g/mol. The van der Waals surface area contributed by atoms with Crippen molar-refractivity contribution < 1.29 is 9.84 Å². The lowest BCUT2D eigenvalue weighted by Crippen LogP contribution is -2.32. The summed E-state index contributed by atoms with van der Waals surface area (Å²) in [7, 11) is 1.56. The van der Waals surface area contributed by atoms with Crippen LogP contribution >= 0.6 is 0 Å². The summed E-state index contributed by atoms with van der Waals surface area (Å²) in [6.07, 6.45) is 2.90. The summed E-state index contributed by atoms with van der Waals surface area (Å²) in [5.74, 6) is 1.78. The Morgan fingerprint density at radius 2 is 2.04 bits per heavy atom. The molecule has 2 aromatic heterocycles. The molecule has 7 heteroatoms. The second kappa shape index (κ2) is 7.22. The fourth-order valence-electron chi connectivity index (χ4n) is 4.00. The number of aryl methyl sites for hydroxylation is 2. The summed E-state index contributed by atoms with van der Waals surface area (Å²) in [6, 6.07) is 7.93. The molecule has 7 nitrogen and oxygen atoms in total. The molecule has 1 aromatic carbocycles. The van der Waals surface area contributed by atoms with Crippen LogP contribution in [0.2, 0.25) is 0 Å². The molecule has 28 heavy (non-hydrogen) atoms. The van der Waals surface area contributed by atoms with Gasteiger partial charge in [-0.05, 0) is 51.0 Å². The van der Waals surface area contributed by atoms with Gasteiger partial charge in [0.1, 0.15) is 5.82 Å². The predicted molar refractivity (Wildman–Crippen MR) is 109 cm³/mol. The zero-order valence-electron chi connectivity index (χ0n) is 16.9. The van der Waals surface area contributed by atoms with E-state index in [1.54, 1.807) is 13.2 Å². The van der Waals surface area contributed by atoms with Crippen molar-refractivity contribution in [2.45, 2.75) is 46.3 Å². The Labute approximate surface area is 165 Å². The van der Waals surface area contributed by atoms with Gasteiger partial charge in [0.2, 0.25) is 0 Å². The Balaban J connectivity index is 1.75. The Kier molecular flexibility index (Phi) is 4.75. The highest BCUT2D eigenvalue weighted by Crippen LogP contribution is 2.38. The van der Waals surface area contributed by atoms with E-state index in [9.17, 15) is 5.11 Å². The fourth-order valence-corrected chi connectivity index (χ4v) is 4.00. The van der Waals surface area contributed by atoms with Gasteiger partial charge in [0.25, 0.3) is 0 Å². The summed E-state index contributed by atoms with van der Waals surface area (Å²) in [6.45, 7) is 8.90. The molecule has 0 radical (unpaired) electrons. The smallest absolute Gasteiger partial charge is 0.160 e. The number of fused-ring (bicyclic) bond motifs is 1. The maximum atomic E-state index is 10.1. The van der Waals surface area contributed by atoms with E-state index in [4.69, 9.17) is 9.84 Å². The normalized spacial score (nSPS) is 13.8. The minimum Gasteiger partial charge on any atom is -0.504 e. The molecule has 0 spiro atoms. The summed E-state index contributed by atoms with van der Waals surface area (Å²) in [5, 5.41) is 19.5. The number of phenolic OH excluding ortho intramolecular Hbond substituents is 1. The number of phenols is 1. The summed E-state index contributed by atoms with van der Waals surface area (Å²) in [5.41, 5.74) is 4.29. The van der Waals surface area contributed by atoms with E-state index < -0.39 is 0 Å². The van der Waals surface area contributed by atoms with Gasteiger partial charge >= 0.3 is 0 Å². The molecule has 0 fully saturated rings. The van der Waals surface area contributed by atoms with Gasteiger partial charge in [-0.1, -0.05) is 6.07 Å². The third-order valence-electron chi connectivity index (χ3n) is 5.23. The van der Waals surface area contributed by atoms with Crippen LogP contribution in [0.5, 0.6) is 11.5 Å². The highest BCUT2D eigenvalue weighted by atomic mass is 16.5. The molecule has 4 rings (SSSR count). The molecule has 0 amide bonds. The van der Waals surface area contributed by atoms with Crippen molar-refractivity contribution in [3.63, 3.8) is 0 Å². The quantitative estimate of drug-likeness (QED) is 0.729. The average Bonchev–Trinajstić information content (AvgIpc) is 3.26.